The van der Waals surface area contributed by atoms with E-state index in [0.29, 0.717) is 16.7 Å². The Morgan fingerprint density at radius 2 is 2.20 bits per heavy atom. The minimum Gasteiger partial charge on any atom is -0.484 e. The summed E-state index contributed by atoms with van der Waals surface area (Å²) >= 11 is 1.41. The Balaban J connectivity index is 1.94. The Labute approximate surface area is 121 Å². The number of aryl methyl sites for hydroxylation is 2. The lowest BCUT2D eigenvalue weighted by molar-refractivity contribution is -0.119. The molecule has 0 atom stereocenters. The molecule has 0 aliphatic rings. The van der Waals surface area contributed by atoms with Gasteiger partial charge in [0.1, 0.15) is 11.6 Å². The molecule has 0 saturated carbocycles. The van der Waals surface area contributed by atoms with Crippen LogP contribution in [0.2, 0.25) is 0 Å². The molecular formula is C13H16N4O2S. The minimum atomic E-state index is -0.260. The summed E-state index contributed by atoms with van der Waals surface area (Å²) in [5.41, 5.74) is 3.79. The van der Waals surface area contributed by atoms with Crippen LogP contribution < -0.4 is 10.2 Å². The summed E-state index contributed by atoms with van der Waals surface area (Å²) in [6, 6.07) is 7.55. The van der Waals surface area contributed by atoms with Gasteiger partial charge in [0.05, 0.1) is 0 Å². The first-order valence-electron chi connectivity index (χ1n) is 6.05. The van der Waals surface area contributed by atoms with Crippen molar-refractivity contribution in [1.82, 2.24) is 14.9 Å². The lowest BCUT2D eigenvalue weighted by Gasteiger charge is -2.10. The Bertz CT molecular complexity index is 612. The number of carbonyl (C=O) groups excluding carboxylic acids is 1. The molecule has 0 aliphatic heterocycles. The maximum absolute atomic E-state index is 11.9. The topological polar surface area (TPSA) is 69.0 Å². The van der Waals surface area contributed by atoms with Gasteiger partial charge in [0.15, 0.2) is 6.61 Å². The fourth-order valence-corrected chi connectivity index (χ4v) is 2.10. The van der Waals surface area contributed by atoms with Crippen LogP contribution in [0.4, 0.5) is 0 Å². The molecular weight excluding hydrogens is 276 g/mol. The van der Waals surface area contributed by atoms with Crippen molar-refractivity contribution in [2.75, 3.05) is 18.3 Å². The number of aromatic nitrogens is 3. The van der Waals surface area contributed by atoms with Crippen molar-refractivity contribution in [3.63, 3.8) is 0 Å². The van der Waals surface area contributed by atoms with E-state index in [1.54, 1.807) is 11.6 Å². The summed E-state index contributed by atoms with van der Waals surface area (Å²) in [6.07, 6.45) is 1.87. The van der Waals surface area contributed by atoms with Crippen molar-refractivity contribution in [2.24, 2.45) is 0 Å². The molecule has 7 heteroatoms. The van der Waals surface area contributed by atoms with Crippen LogP contribution in [-0.4, -0.2) is 33.6 Å². The molecule has 2 rings (SSSR count). The standard InChI is InChI=1S/C13H16N4O2S/c1-9-5-4-6-11(7-9)19-8-12(18)16-17-10(2)14-15-13(17)20-3/h4-7H,8H2,1-3H3,(H,16,18). The molecule has 6 nitrogen and oxygen atoms in total. The molecule has 0 unspecified atom stereocenters. The number of hydrogen-bond acceptors (Lipinski definition) is 5. The van der Waals surface area contributed by atoms with E-state index in [1.807, 2.05) is 37.4 Å². The van der Waals surface area contributed by atoms with Crippen molar-refractivity contribution in [3.05, 3.63) is 35.7 Å². The Hall–Kier alpha value is -2.02. The summed E-state index contributed by atoms with van der Waals surface area (Å²) in [5.74, 6) is 1.04. The molecule has 0 spiro atoms. The van der Waals surface area contributed by atoms with E-state index in [4.69, 9.17) is 4.74 Å². The molecule has 1 N–H and O–H groups in total. The van der Waals surface area contributed by atoms with Gasteiger partial charge in [0.2, 0.25) is 5.16 Å². The molecule has 1 amide bonds. The maximum atomic E-state index is 11.9. The molecule has 0 fully saturated rings. The Morgan fingerprint density at radius 3 is 2.90 bits per heavy atom. The van der Waals surface area contributed by atoms with E-state index in [-0.39, 0.29) is 12.5 Å². The summed E-state index contributed by atoms with van der Waals surface area (Å²) in [5, 5.41) is 8.48. The van der Waals surface area contributed by atoms with Crippen LogP contribution >= 0.6 is 11.8 Å². The first-order chi connectivity index (χ1) is 9.60. The van der Waals surface area contributed by atoms with Crippen molar-refractivity contribution in [1.29, 1.82) is 0 Å². The van der Waals surface area contributed by atoms with Crippen LogP contribution in [0.1, 0.15) is 11.4 Å². The highest BCUT2D eigenvalue weighted by atomic mass is 32.2. The fraction of sp³-hybridized carbons (Fsp3) is 0.308. The van der Waals surface area contributed by atoms with Gasteiger partial charge in [0, 0.05) is 0 Å². The van der Waals surface area contributed by atoms with Crippen LogP contribution in [0.3, 0.4) is 0 Å². The zero-order valence-corrected chi connectivity index (χ0v) is 12.4. The number of nitrogens with zero attached hydrogens (tertiary/aromatic N) is 3. The van der Waals surface area contributed by atoms with Gasteiger partial charge in [0.25, 0.3) is 5.91 Å². The average Bonchev–Trinajstić information content (AvgIpc) is 2.77. The highest BCUT2D eigenvalue weighted by molar-refractivity contribution is 7.98. The first kappa shape index (κ1) is 14.4. The number of amides is 1. The SMILES string of the molecule is CSc1nnc(C)n1NC(=O)COc1cccc(C)c1. The number of nitrogens with one attached hydrogen (secondary N) is 1. The second-order valence-electron chi connectivity index (χ2n) is 4.21. The van der Waals surface area contributed by atoms with Gasteiger partial charge in [-0.2, -0.15) is 0 Å². The number of thioether (sulfide) groups is 1. The zero-order chi connectivity index (χ0) is 14.5. The zero-order valence-electron chi connectivity index (χ0n) is 11.6. The van der Waals surface area contributed by atoms with Gasteiger partial charge in [-0.15, -0.1) is 10.2 Å². The van der Waals surface area contributed by atoms with Gasteiger partial charge < -0.3 is 4.74 Å². The quantitative estimate of drug-likeness (QED) is 0.851. The van der Waals surface area contributed by atoms with Gasteiger partial charge in [-0.1, -0.05) is 23.9 Å². The van der Waals surface area contributed by atoms with Crippen LogP contribution in [0, 0.1) is 13.8 Å². The number of ether oxygens (including phenoxy) is 1. The molecule has 0 bridgehead atoms. The first-order valence-corrected chi connectivity index (χ1v) is 7.28. The summed E-state index contributed by atoms with van der Waals surface area (Å²) in [4.78, 5) is 11.9. The molecule has 0 saturated heterocycles. The molecule has 1 aromatic carbocycles. The monoisotopic (exact) mass is 292 g/mol. The number of carbonyl (C=O) groups is 1. The van der Waals surface area contributed by atoms with E-state index in [2.05, 4.69) is 15.6 Å². The molecule has 20 heavy (non-hydrogen) atoms. The van der Waals surface area contributed by atoms with Crippen molar-refractivity contribution < 1.29 is 9.53 Å². The average molecular weight is 292 g/mol. The van der Waals surface area contributed by atoms with E-state index >= 15 is 0 Å². The molecule has 2 aromatic rings. The van der Waals surface area contributed by atoms with Crippen LogP contribution in [0.5, 0.6) is 5.75 Å². The molecule has 1 aromatic heterocycles. The van der Waals surface area contributed by atoms with Gasteiger partial charge >= 0.3 is 0 Å². The minimum absolute atomic E-state index is 0.0606. The van der Waals surface area contributed by atoms with Crippen molar-refractivity contribution in [3.8, 4) is 5.75 Å². The second-order valence-corrected chi connectivity index (χ2v) is 4.98. The van der Waals surface area contributed by atoms with E-state index in [9.17, 15) is 4.79 Å². The van der Waals surface area contributed by atoms with Crippen LogP contribution in [0.25, 0.3) is 0 Å². The highest BCUT2D eigenvalue weighted by Gasteiger charge is 2.11. The Morgan fingerprint density at radius 1 is 1.40 bits per heavy atom. The molecule has 106 valence electrons. The lowest BCUT2D eigenvalue weighted by Crippen LogP contribution is -2.29. The third kappa shape index (κ3) is 3.51. The van der Waals surface area contributed by atoms with E-state index in [1.165, 1.54) is 11.8 Å². The predicted octanol–water partition coefficient (Wildman–Crippen LogP) is 1.77. The smallest absolute Gasteiger partial charge is 0.276 e. The fourth-order valence-electron chi connectivity index (χ4n) is 1.61. The van der Waals surface area contributed by atoms with Gasteiger partial charge in [-0.25, -0.2) is 4.68 Å². The highest BCUT2D eigenvalue weighted by Crippen LogP contribution is 2.13. The lowest BCUT2D eigenvalue weighted by atomic mass is 10.2. The summed E-state index contributed by atoms with van der Waals surface area (Å²) in [7, 11) is 0. The second kappa shape index (κ2) is 6.42. The predicted molar refractivity (Wildman–Crippen MR) is 77.6 cm³/mol. The van der Waals surface area contributed by atoms with E-state index < -0.39 is 0 Å². The largest absolute Gasteiger partial charge is 0.484 e. The molecule has 0 radical (unpaired) electrons. The van der Waals surface area contributed by atoms with Gasteiger partial charge in [-0.3, -0.25) is 10.2 Å². The Kier molecular flexibility index (Phi) is 4.62. The third-order valence-corrected chi connectivity index (χ3v) is 3.20. The van der Waals surface area contributed by atoms with Crippen LogP contribution in [-0.2, 0) is 4.79 Å². The molecule has 0 aliphatic carbocycles. The van der Waals surface area contributed by atoms with Crippen molar-refractivity contribution >= 4 is 17.7 Å². The summed E-state index contributed by atoms with van der Waals surface area (Å²) in [6.45, 7) is 3.68. The van der Waals surface area contributed by atoms with Gasteiger partial charge in [-0.05, 0) is 37.8 Å². The number of benzene rings is 1. The van der Waals surface area contributed by atoms with E-state index in [0.717, 1.165) is 5.56 Å². The molecule has 1 heterocycles. The third-order valence-electron chi connectivity index (χ3n) is 2.57. The maximum Gasteiger partial charge on any atom is 0.276 e. The van der Waals surface area contributed by atoms with Crippen LogP contribution in [0.15, 0.2) is 29.4 Å². The number of hydrogen-bond donors (Lipinski definition) is 1. The summed E-state index contributed by atoms with van der Waals surface area (Å²) < 4.78 is 6.99. The normalized spacial score (nSPS) is 10.3. The number of rotatable bonds is 5. The van der Waals surface area contributed by atoms with Crippen molar-refractivity contribution in [2.45, 2.75) is 19.0 Å².